The van der Waals surface area contributed by atoms with E-state index in [-0.39, 0.29) is 25.0 Å². The summed E-state index contributed by atoms with van der Waals surface area (Å²) in [6, 6.07) is 9.30. The summed E-state index contributed by atoms with van der Waals surface area (Å²) in [4.78, 5) is 12.0. The van der Waals surface area contributed by atoms with Crippen LogP contribution in [0.4, 0.5) is 0 Å². The molecule has 4 rings (SSSR count). The van der Waals surface area contributed by atoms with Gasteiger partial charge in [0.15, 0.2) is 23.4 Å². The number of benzene rings is 1. The molecule has 28 heavy (non-hydrogen) atoms. The molecular weight excluding hydrogens is 364 g/mol. The van der Waals surface area contributed by atoms with Crippen LogP contribution in [0.1, 0.15) is 17.9 Å². The Kier molecular flexibility index (Phi) is 6.08. The standard InChI is InChI=1S/C20H24N2O6/c23-20(21-9-14-5-6-24-10-14)8-15-7-16(28-22-15)11-25-12-17-13-26-18-3-1-2-4-19(18)27-17/h1-4,7,14,17H,5-6,8-13H2,(H,21,23). The Morgan fingerprint density at radius 3 is 3.00 bits per heavy atom. The van der Waals surface area contributed by atoms with E-state index >= 15 is 0 Å². The molecule has 2 aliphatic rings. The molecule has 1 saturated heterocycles. The normalized spacial score (nSPS) is 20.9. The van der Waals surface area contributed by atoms with Gasteiger partial charge in [-0.15, -0.1) is 0 Å². The zero-order chi connectivity index (χ0) is 19.2. The van der Waals surface area contributed by atoms with Gasteiger partial charge in [-0.25, -0.2) is 0 Å². The van der Waals surface area contributed by atoms with Crippen molar-refractivity contribution >= 4 is 5.91 Å². The first-order chi connectivity index (χ1) is 13.8. The number of para-hydroxylation sites is 2. The van der Waals surface area contributed by atoms with Crippen LogP contribution in [0.25, 0.3) is 0 Å². The van der Waals surface area contributed by atoms with E-state index in [1.165, 1.54) is 0 Å². The summed E-state index contributed by atoms with van der Waals surface area (Å²) in [5.74, 6) is 2.38. The van der Waals surface area contributed by atoms with Crippen molar-refractivity contribution in [1.82, 2.24) is 10.5 Å². The summed E-state index contributed by atoms with van der Waals surface area (Å²) in [5, 5.41) is 6.85. The maximum atomic E-state index is 12.0. The summed E-state index contributed by atoms with van der Waals surface area (Å²) >= 11 is 0. The van der Waals surface area contributed by atoms with E-state index in [1.54, 1.807) is 6.07 Å². The third-order valence-electron chi connectivity index (χ3n) is 4.68. The van der Waals surface area contributed by atoms with Crippen molar-refractivity contribution in [2.45, 2.75) is 25.6 Å². The molecule has 8 nitrogen and oxygen atoms in total. The van der Waals surface area contributed by atoms with E-state index in [4.69, 9.17) is 23.5 Å². The monoisotopic (exact) mass is 388 g/mol. The third-order valence-corrected chi connectivity index (χ3v) is 4.68. The fourth-order valence-electron chi connectivity index (χ4n) is 3.17. The second-order valence-corrected chi connectivity index (χ2v) is 7.01. The van der Waals surface area contributed by atoms with Crippen LogP contribution in [0.2, 0.25) is 0 Å². The zero-order valence-corrected chi connectivity index (χ0v) is 15.6. The quantitative estimate of drug-likeness (QED) is 0.736. The number of nitrogens with one attached hydrogen (secondary N) is 1. The first-order valence-electron chi connectivity index (χ1n) is 9.51. The summed E-state index contributed by atoms with van der Waals surface area (Å²) in [6.45, 7) is 3.19. The van der Waals surface area contributed by atoms with Crippen LogP contribution in [-0.2, 0) is 27.3 Å². The second kappa shape index (κ2) is 9.07. The van der Waals surface area contributed by atoms with Crippen LogP contribution in [0.5, 0.6) is 11.5 Å². The summed E-state index contributed by atoms with van der Waals surface area (Å²) < 4.78 is 27.7. The lowest BCUT2D eigenvalue weighted by Crippen LogP contribution is -2.33. The zero-order valence-electron chi connectivity index (χ0n) is 15.6. The molecule has 150 valence electrons. The molecular formula is C20H24N2O6. The molecule has 0 aliphatic carbocycles. The lowest BCUT2D eigenvalue weighted by atomic mass is 10.1. The van der Waals surface area contributed by atoms with Crippen LogP contribution in [0.3, 0.4) is 0 Å². The predicted octanol–water partition coefficient (Wildman–Crippen LogP) is 1.73. The predicted molar refractivity (Wildman–Crippen MR) is 98.2 cm³/mol. The van der Waals surface area contributed by atoms with Crippen LogP contribution in [-0.4, -0.2) is 50.1 Å². The van der Waals surface area contributed by atoms with Crippen molar-refractivity contribution in [3.63, 3.8) is 0 Å². The molecule has 0 radical (unpaired) electrons. The SMILES string of the molecule is O=C(Cc1cc(COCC2COc3ccccc3O2)on1)NCC1CCOC1. The van der Waals surface area contributed by atoms with Gasteiger partial charge in [0, 0.05) is 25.1 Å². The van der Waals surface area contributed by atoms with Gasteiger partial charge in [-0.1, -0.05) is 17.3 Å². The first kappa shape index (κ1) is 18.8. The number of ether oxygens (including phenoxy) is 4. The molecule has 3 heterocycles. The van der Waals surface area contributed by atoms with Crippen LogP contribution >= 0.6 is 0 Å². The number of amides is 1. The molecule has 1 aromatic heterocycles. The molecule has 2 aromatic rings. The molecule has 2 aliphatic heterocycles. The molecule has 0 spiro atoms. The Hall–Kier alpha value is -2.58. The molecule has 1 N–H and O–H groups in total. The summed E-state index contributed by atoms with van der Waals surface area (Å²) in [6.07, 6.45) is 1.00. The van der Waals surface area contributed by atoms with E-state index in [0.29, 0.717) is 43.7 Å². The molecule has 2 unspecified atom stereocenters. The Morgan fingerprint density at radius 2 is 2.14 bits per heavy atom. The van der Waals surface area contributed by atoms with E-state index in [0.717, 1.165) is 24.5 Å². The van der Waals surface area contributed by atoms with Crippen LogP contribution in [0, 0.1) is 5.92 Å². The Morgan fingerprint density at radius 1 is 1.25 bits per heavy atom. The van der Waals surface area contributed by atoms with Crippen molar-refractivity contribution in [2.24, 2.45) is 5.92 Å². The minimum absolute atomic E-state index is 0.0703. The lowest BCUT2D eigenvalue weighted by Gasteiger charge is -2.26. The molecule has 1 amide bonds. The van der Waals surface area contributed by atoms with Gasteiger partial charge in [0.1, 0.15) is 13.2 Å². The average molecular weight is 388 g/mol. The van der Waals surface area contributed by atoms with E-state index in [1.807, 2.05) is 24.3 Å². The van der Waals surface area contributed by atoms with Crippen LogP contribution < -0.4 is 14.8 Å². The number of nitrogens with zero attached hydrogens (tertiary/aromatic N) is 1. The van der Waals surface area contributed by atoms with Gasteiger partial charge in [0.25, 0.3) is 0 Å². The van der Waals surface area contributed by atoms with Gasteiger partial charge in [0.2, 0.25) is 5.91 Å². The smallest absolute Gasteiger partial charge is 0.226 e. The number of hydrogen-bond donors (Lipinski definition) is 1. The number of hydrogen-bond acceptors (Lipinski definition) is 7. The maximum absolute atomic E-state index is 12.0. The molecule has 0 saturated carbocycles. The summed E-state index contributed by atoms with van der Waals surface area (Å²) in [5.41, 5.74) is 0.588. The molecule has 1 aromatic carbocycles. The highest BCUT2D eigenvalue weighted by molar-refractivity contribution is 5.78. The van der Waals surface area contributed by atoms with Gasteiger partial charge >= 0.3 is 0 Å². The van der Waals surface area contributed by atoms with Crippen molar-refractivity contribution in [3.8, 4) is 11.5 Å². The number of rotatable bonds is 8. The average Bonchev–Trinajstić information content (AvgIpc) is 3.38. The largest absolute Gasteiger partial charge is 0.486 e. The molecule has 0 bridgehead atoms. The minimum Gasteiger partial charge on any atom is -0.486 e. The van der Waals surface area contributed by atoms with Crippen LogP contribution in [0.15, 0.2) is 34.9 Å². The van der Waals surface area contributed by atoms with Gasteiger partial charge in [-0.05, 0) is 18.6 Å². The van der Waals surface area contributed by atoms with Crippen molar-refractivity contribution < 1.29 is 28.3 Å². The lowest BCUT2D eigenvalue weighted by molar-refractivity contribution is -0.120. The second-order valence-electron chi connectivity index (χ2n) is 7.01. The number of aromatic nitrogens is 1. The van der Waals surface area contributed by atoms with E-state index in [2.05, 4.69) is 10.5 Å². The third kappa shape index (κ3) is 5.02. The van der Waals surface area contributed by atoms with Crippen molar-refractivity contribution in [3.05, 3.63) is 41.8 Å². The highest BCUT2D eigenvalue weighted by Crippen LogP contribution is 2.30. The van der Waals surface area contributed by atoms with Gasteiger partial charge < -0.3 is 28.8 Å². The topological polar surface area (TPSA) is 92.1 Å². The van der Waals surface area contributed by atoms with E-state index < -0.39 is 0 Å². The van der Waals surface area contributed by atoms with Gasteiger partial charge in [-0.3, -0.25) is 4.79 Å². The highest BCUT2D eigenvalue weighted by Gasteiger charge is 2.21. The maximum Gasteiger partial charge on any atom is 0.226 e. The van der Waals surface area contributed by atoms with Gasteiger partial charge in [0.05, 0.1) is 25.3 Å². The van der Waals surface area contributed by atoms with E-state index in [9.17, 15) is 4.79 Å². The number of carbonyl (C=O) groups excluding carboxylic acids is 1. The fourth-order valence-corrected chi connectivity index (χ4v) is 3.17. The molecule has 8 heteroatoms. The fraction of sp³-hybridized carbons (Fsp3) is 0.500. The molecule has 2 atom stereocenters. The minimum atomic E-state index is -0.178. The van der Waals surface area contributed by atoms with Crippen molar-refractivity contribution in [2.75, 3.05) is 33.0 Å². The van der Waals surface area contributed by atoms with Gasteiger partial charge in [-0.2, -0.15) is 0 Å². The summed E-state index contributed by atoms with van der Waals surface area (Å²) in [7, 11) is 0. The number of carbonyl (C=O) groups is 1. The highest BCUT2D eigenvalue weighted by atomic mass is 16.6. The molecule has 1 fully saturated rings. The Bertz CT molecular complexity index is 787. The number of fused-ring (bicyclic) bond motifs is 1. The first-order valence-corrected chi connectivity index (χ1v) is 9.51. The Labute approximate surface area is 163 Å². The van der Waals surface area contributed by atoms with Crippen molar-refractivity contribution in [1.29, 1.82) is 0 Å². The Balaban J connectivity index is 1.16.